The molecular weight excluding hydrogens is 418 g/mol. The van der Waals surface area contributed by atoms with Gasteiger partial charge in [0.1, 0.15) is 5.57 Å². The highest BCUT2D eigenvalue weighted by Crippen LogP contribution is 2.26. The number of carbonyl (C=O) groups excluding carboxylic acids is 2. The van der Waals surface area contributed by atoms with Crippen LogP contribution in [0.5, 0.6) is 0 Å². The molecule has 0 unspecified atom stereocenters. The third-order valence-electron chi connectivity index (χ3n) is 4.88. The van der Waals surface area contributed by atoms with E-state index in [1.165, 1.54) is 4.90 Å². The monoisotopic (exact) mass is 435 g/mol. The van der Waals surface area contributed by atoms with Crippen molar-refractivity contribution >= 4 is 57.7 Å². The number of carbonyl (C=O) groups is 2. The number of fused-ring (bicyclic) bond motifs is 1. The van der Waals surface area contributed by atoms with Crippen LogP contribution in [0.3, 0.4) is 0 Å². The quantitative estimate of drug-likeness (QED) is 0.283. The fourth-order valence-electron chi connectivity index (χ4n) is 3.45. The molecule has 2 aromatic carbocycles. The van der Waals surface area contributed by atoms with Crippen LogP contribution in [-0.4, -0.2) is 32.9 Å². The van der Waals surface area contributed by atoms with Gasteiger partial charge >= 0.3 is 0 Å². The molecule has 4 rings (SSSR count). The van der Waals surface area contributed by atoms with Gasteiger partial charge in [-0.25, -0.2) is 0 Å². The molecule has 150 valence electrons. The lowest BCUT2D eigenvalue weighted by atomic mass is 10.1. The van der Waals surface area contributed by atoms with Crippen LogP contribution in [0.15, 0.2) is 73.0 Å². The second-order valence-electron chi connectivity index (χ2n) is 6.88. The molecule has 0 spiro atoms. The Labute approximate surface area is 184 Å². The van der Waals surface area contributed by atoms with Crippen LogP contribution >= 0.6 is 23.8 Å². The summed E-state index contributed by atoms with van der Waals surface area (Å²) in [5, 5.41) is 4.30. The van der Waals surface area contributed by atoms with Gasteiger partial charge in [0.2, 0.25) is 0 Å². The van der Waals surface area contributed by atoms with Crippen LogP contribution in [0.4, 0.5) is 0 Å². The van der Waals surface area contributed by atoms with E-state index in [1.807, 2.05) is 54.7 Å². The van der Waals surface area contributed by atoms with Crippen molar-refractivity contribution in [3.8, 4) is 0 Å². The highest BCUT2D eigenvalue weighted by atomic mass is 35.5. The molecule has 30 heavy (non-hydrogen) atoms. The maximum Gasteiger partial charge on any atom is 0.265 e. The lowest BCUT2D eigenvalue weighted by Gasteiger charge is -2.27. The van der Waals surface area contributed by atoms with Gasteiger partial charge in [-0.05, 0) is 42.1 Å². The van der Waals surface area contributed by atoms with E-state index < -0.39 is 11.8 Å². The van der Waals surface area contributed by atoms with Gasteiger partial charge < -0.3 is 4.57 Å². The van der Waals surface area contributed by atoms with E-state index in [-0.39, 0.29) is 17.2 Å². The number of hydrogen-bond donors (Lipinski definition) is 1. The summed E-state index contributed by atoms with van der Waals surface area (Å²) < 4.78 is 2.09. The molecule has 0 radical (unpaired) electrons. The summed E-state index contributed by atoms with van der Waals surface area (Å²) in [4.78, 5) is 26.6. The van der Waals surface area contributed by atoms with Gasteiger partial charge in [-0.2, -0.15) is 0 Å². The van der Waals surface area contributed by atoms with E-state index in [9.17, 15) is 9.59 Å². The fourth-order valence-corrected chi connectivity index (χ4v) is 3.83. The first kappa shape index (κ1) is 20.1. The van der Waals surface area contributed by atoms with Gasteiger partial charge in [0, 0.05) is 40.8 Å². The number of benzene rings is 2. The van der Waals surface area contributed by atoms with Crippen molar-refractivity contribution in [3.05, 3.63) is 89.1 Å². The van der Waals surface area contributed by atoms with E-state index >= 15 is 0 Å². The van der Waals surface area contributed by atoms with Crippen LogP contribution in [-0.2, 0) is 16.1 Å². The fraction of sp³-hybridized carbons (Fsp3) is 0.0870. The summed E-state index contributed by atoms with van der Waals surface area (Å²) in [6.07, 6.45) is 5.13. The maximum atomic E-state index is 12.8. The summed E-state index contributed by atoms with van der Waals surface area (Å²) in [6.45, 7) is 4.51. The molecule has 1 saturated heterocycles. The molecular formula is C23H18ClN3O2S. The van der Waals surface area contributed by atoms with Crippen molar-refractivity contribution < 1.29 is 9.59 Å². The van der Waals surface area contributed by atoms with Crippen molar-refractivity contribution in [2.45, 2.75) is 6.54 Å². The van der Waals surface area contributed by atoms with Crippen LogP contribution < -0.4 is 5.32 Å². The van der Waals surface area contributed by atoms with E-state index in [0.717, 1.165) is 22.0 Å². The van der Waals surface area contributed by atoms with Crippen molar-refractivity contribution in [3.63, 3.8) is 0 Å². The van der Waals surface area contributed by atoms with Gasteiger partial charge in [-0.1, -0.05) is 48.0 Å². The standard InChI is InChI=1S/C23H18ClN3O2S/c1-2-11-27-22(29)19(21(28)25-23(27)30)12-16-14-26(20-6-4-3-5-18(16)20)13-15-7-9-17(24)10-8-15/h2-10,12,14H,1,11,13H2,(H,25,28,30)/b19-12+. The Bertz CT molecular complexity index is 1210. The minimum Gasteiger partial charge on any atom is -0.342 e. The first-order chi connectivity index (χ1) is 14.5. The number of thiocarbonyl (C=S) groups is 1. The van der Waals surface area contributed by atoms with Gasteiger partial charge in [-0.15, -0.1) is 6.58 Å². The summed E-state index contributed by atoms with van der Waals surface area (Å²) in [5.74, 6) is -0.932. The molecule has 1 N–H and O–H groups in total. The Morgan fingerprint density at radius 2 is 1.83 bits per heavy atom. The molecule has 0 bridgehead atoms. The molecule has 3 aromatic rings. The zero-order valence-electron chi connectivity index (χ0n) is 16.0. The predicted molar refractivity (Wildman–Crippen MR) is 123 cm³/mol. The normalized spacial score (nSPS) is 15.7. The average molecular weight is 436 g/mol. The predicted octanol–water partition coefficient (Wildman–Crippen LogP) is 4.16. The second-order valence-corrected chi connectivity index (χ2v) is 7.70. The summed E-state index contributed by atoms with van der Waals surface area (Å²) in [6, 6.07) is 15.5. The molecule has 5 nitrogen and oxygen atoms in total. The molecule has 1 aliphatic heterocycles. The van der Waals surface area contributed by atoms with Crippen LogP contribution in [0.2, 0.25) is 5.02 Å². The smallest absolute Gasteiger partial charge is 0.265 e. The maximum absolute atomic E-state index is 12.8. The number of halogens is 1. The number of rotatable bonds is 5. The Morgan fingerprint density at radius 1 is 1.10 bits per heavy atom. The van der Waals surface area contributed by atoms with E-state index in [0.29, 0.717) is 11.6 Å². The molecule has 0 aliphatic carbocycles. The summed E-state index contributed by atoms with van der Waals surface area (Å²) >= 11 is 11.1. The third kappa shape index (κ3) is 3.79. The van der Waals surface area contributed by atoms with Gasteiger partial charge in [-0.3, -0.25) is 19.8 Å². The van der Waals surface area contributed by atoms with Crippen molar-refractivity contribution in [1.29, 1.82) is 0 Å². The number of para-hydroxylation sites is 1. The largest absolute Gasteiger partial charge is 0.342 e. The molecule has 2 heterocycles. The molecule has 2 amide bonds. The third-order valence-corrected chi connectivity index (χ3v) is 5.46. The molecule has 0 atom stereocenters. The highest BCUT2D eigenvalue weighted by molar-refractivity contribution is 7.80. The number of amides is 2. The topological polar surface area (TPSA) is 54.3 Å². The van der Waals surface area contributed by atoms with Gasteiger partial charge in [0.25, 0.3) is 11.8 Å². The molecule has 1 fully saturated rings. The van der Waals surface area contributed by atoms with E-state index in [2.05, 4.69) is 16.5 Å². The number of nitrogens with zero attached hydrogens (tertiary/aromatic N) is 2. The Morgan fingerprint density at radius 3 is 2.57 bits per heavy atom. The summed E-state index contributed by atoms with van der Waals surface area (Å²) in [5.41, 5.74) is 2.92. The Hall–Kier alpha value is -3.22. The number of aromatic nitrogens is 1. The lowest BCUT2D eigenvalue weighted by Crippen LogP contribution is -2.53. The first-order valence-corrected chi connectivity index (χ1v) is 10.1. The average Bonchev–Trinajstić information content (AvgIpc) is 3.07. The van der Waals surface area contributed by atoms with E-state index in [4.69, 9.17) is 23.8 Å². The number of nitrogens with one attached hydrogen (secondary N) is 1. The second kappa shape index (κ2) is 8.26. The Balaban J connectivity index is 1.76. The molecule has 0 saturated carbocycles. The van der Waals surface area contributed by atoms with Crippen LogP contribution in [0, 0.1) is 0 Å². The van der Waals surface area contributed by atoms with Gasteiger partial charge in [0.15, 0.2) is 5.11 Å². The summed E-state index contributed by atoms with van der Waals surface area (Å²) in [7, 11) is 0. The van der Waals surface area contributed by atoms with Crippen molar-refractivity contribution in [2.24, 2.45) is 0 Å². The zero-order chi connectivity index (χ0) is 21.3. The van der Waals surface area contributed by atoms with E-state index in [1.54, 1.807) is 12.2 Å². The molecule has 7 heteroatoms. The molecule has 1 aromatic heterocycles. The van der Waals surface area contributed by atoms with Crippen molar-refractivity contribution in [1.82, 2.24) is 14.8 Å². The first-order valence-electron chi connectivity index (χ1n) is 9.30. The SMILES string of the molecule is C=CCN1C(=O)/C(=C/c2cn(Cc3ccc(Cl)cc3)c3ccccc23)C(=O)NC1=S. The molecule has 1 aliphatic rings. The lowest BCUT2D eigenvalue weighted by molar-refractivity contribution is -0.128. The van der Waals surface area contributed by atoms with Crippen LogP contribution in [0.25, 0.3) is 17.0 Å². The Kier molecular flexibility index (Phi) is 5.53. The van der Waals surface area contributed by atoms with Gasteiger partial charge in [0.05, 0.1) is 0 Å². The van der Waals surface area contributed by atoms with Crippen molar-refractivity contribution in [2.75, 3.05) is 6.54 Å². The van der Waals surface area contributed by atoms with Crippen LogP contribution in [0.1, 0.15) is 11.1 Å². The zero-order valence-corrected chi connectivity index (χ0v) is 17.5. The minimum atomic E-state index is -0.500. The number of hydrogen-bond acceptors (Lipinski definition) is 3. The minimum absolute atomic E-state index is 0.0415. The highest BCUT2D eigenvalue weighted by Gasteiger charge is 2.32.